The standard InChI is InChI=1S/C21H29N7O.C17H26N6/c1-21(2,3)17-11-15-13-28(20(29)27-18(15)26-17)16-7-5-14(6-8-16)12-24-9-4-10-25-19(22)23;1-17(2,3)14-10-13(6-4-5-7-20-16(18)19)11-15(12-14)23-9-8-21-22-23/h5-8,11,13,24H,4,9-10,12H2,1-3H3,(H4,22,23,25)(H,26,27,29);8-12H,4-7H2,1-3H3,(H4,18,19,20). The minimum atomic E-state index is -0.301. The molecule has 14 heteroatoms. The van der Waals surface area contributed by atoms with E-state index in [0.717, 1.165) is 66.8 Å². The van der Waals surface area contributed by atoms with Crippen molar-refractivity contribution in [1.82, 2.24) is 34.8 Å². The highest BCUT2D eigenvalue weighted by Crippen LogP contribution is 2.27. The highest BCUT2D eigenvalue weighted by molar-refractivity contribution is 5.76. The van der Waals surface area contributed by atoms with Crippen LogP contribution in [0.5, 0.6) is 0 Å². The van der Waals surface area contributed by atoms with Crippen LogP contribution >= 0.6 is 0 Å². The number of nitrogens with zero attached hydrogens (tertiary/aromatic N) is 7. The van der Waals surface area contributed by atoms with Gasteiger partial charge in [-0.2, -0.15) is 4.98 Å². The van der Waals surface area contributed by atoms with Crippen molar-refractivity contribution in [3.05, 3.63) is 100.0 Å². The molecule has 0 atom stereocenters. The van der Waals surface area contributed by atoms with E-state index in [9.17, 15) is 4.79 Å². The van der Waals surface area contributed by atoms with Crippen LogP contribution in [0.25, 0.3) is 22.4 Å². The number of hydrogen-bond acceptors (Lipinski definition) is 7. The third-order valence-electron chi connectivity index (χ3n) is 8.36. The van der Waals surface area contributed by atoms with Crippen molar-refractivity contribution in [1.29, 1.82) is 0 Å². The molecule has 0 saturated carbocycles. The summed E-state index contributed by atoms with van der Waals surface area (Å²) in [4.78, 5) is 27.9. The number of aliphatic imine (C=N–C) groups is 2. The molecule has 2 aromatic carbocycles. The Bertz CT molecular complexity index is 1980. The van der Waals surface area contributed by atoms with Gasteiger partial charge in [-0.1, -0.05) is 65.0 Å². The van der Waals surface area contributed by atoms with E-state index < -0.39 is 0 Å². The van der Waals surface area contributed by atoms with Gasteiger partial charge in [-0.15, -0.1) is 5.10 Å². The molecule has 0 unspecified atom stereocenters. The molecule has 0 aliphatic rings. The van der Waals surface area contributed by atoms with Crippen LogP contribution in [0.3, 0.4) is 0 Å². The Hall–Kier alpha value is -5.50. The predicted molar refractivity (Wildman–Crippen MR) is 211 cm³/mol. The van der Waals surface area contributed by atoms with Crippen LogP contribution in [0.2, 0.25) is 0 Å². The smallest absolute Gasteiger partial charge is 0.354 e. The van der Waals surface area contributed by atoms with E-state index in [2.05, 4.69) is 101 Å². The molecule has 0 bridgehead atoms. The maximum Gasteiger partial charge on any atom is 0.354 e. The average molecular weight is 710 g/mol. The van der Waals surface area contributed by atoms with Gasteiger partial charge in [0, 0.05) is 42.3 Å². The van der Waals surface area contributed by atoms with Gasteiger partial charge in [-0.25, -0.2) is 9.48 Å². The molecule has 10 N–H and O–H groups in total. The Kier molecular flexibility index (Phi) is 13.3. The summed E-state index contributed by atoms with van der Waals surface area (Å²) in [5, 5.41) is 12.3. The second kappa shape index (κ2) is 17.6. The molecule has 0 aliphatic carbocycles. The molecule has 3 aromatic heterocycles. The van der Waals surface area contributed by atoms with Crippen molar-refractivity contribution in [2.45, 2.75) is 84.6 Å². The number of aromatic nitrogens is 6. The minimum absolute atomic E-state index is 0.0352. The Balaban J connectivity index is 0.000000239. The first kappa shape index (κ1) is 39.3. The second-order valence-electron chi connectivity index (χ2n) is 14.9. The molecule has 0 amide bonds. The third-order valence-corrected chi connectivity index (χ3v) is 8.36. The van der Waals surface area contributed by atoms with E-state index >= 15 is 0 Å². The number of nitrogens with two attached hydrogens (primary N) is 4. The van der Waals surface area contributed by atoms with Crippen molar-refractivity contribution in [3.8, 4) is 11.4 Å². The molecular formula is C38H55N13O. The largest absolute Gasteiger partial charge is 0.370 e. The molecule has 0 radical (unpaired) electrons. The number of benzene rings is 2. The van der Waals surface area contributed by atoms with Crippen molar-refractivity contribution < 1.29 is 0 Å². The van der Waals surface area contributed by atoms with Crippen LogP contribution in [-0.4, -0.2) is 61.1 Å². The number of hydrogen-bond donors (Lipinski definition) is 6. The van der Waals surface area contributed by atoms with Crippen LogP contribution < -0.4 is 33.9 Å². The molecule has 14 nitrogen and oxygen atoms in total. The molecule has 5 rings (SSSR count). The summed E-state index contributed by atoms with van der Waals surface area (Å²) in [6.07, 6.45) is 9.27. The first-order valence-electron chi connectivity index (χ1n) is 17.6. The normalized spacial score (nSPS) is 11.6. The van der Waals surface area contributed by atoms with E-state index in [4.69, 9.17) is 22.9 Å². The zero-order chi connectivity index (χ0) is 37.9. The second-order valence-corrected chi connectivity index (χ2v) is 14.9. The summed E-state index contributed by atoms with van der Waals surface area (Å²) in [5.74, 6) is 0.283. The number of fused-ring (bicyclic) bond motifs is 1. The maximum atomic E-state index is 12.5. The minimum Gasteiger partial charge on any atom is -0.370 e. The van der Waals surface area contributed by atoms with E-state index in [1.54, 1.807) is 15.4 Å². The van der Waals surface area contributed by atoms with E-state index in [1.165, 1.54) is 11.1 Å². The monoisotopic (exact) mass is 709 g/mol. The first-order chi connectivity index (χ1) is 24.6. The molecule has 3 heterocycles. The number of aromatic amines is 1. The summed E-state index contributed by atoms with van der Waals surface area (Å²) in [5.41, 5.74) is 28.3. The van der Waals surface area contributed by atoms with Gasteiger partial charge >= 0.3 is 5.69 Å². The van der Waals surface area contributed by atoms with Gasteiger partial charge in [0.05, 0.1) is 23.8 Å². The van der Waals surface area contributed by atoms with Gasteiger partial charge < -0.3 is 33.2 Å². The Labute approximate surface area is 305 Å². The lowest BCUT2D eigenvalue weighted by atomic mass is 9.85. The topological polar surface area (TPSA) is 222 Å². The van der Waals surface area contributed by atoms with Gasteiger partial charge in [0.15, 0.2) is 11.9 Å². The number of guanidine groups is 2. The summed E-state index contributed by atoms with van der Waals surface area (Å²) < 4.78 is 3.38. The van der Waals surface area contributed by atoms with Crippen LogP contribution in [-0.2, 0) is 23.8 Å². The zero-order valence-corrected chi connectivity index (χ0v) is 31.4. The Morgan fingerprint density at radius 1 is 0.827 bits per heavy atom. The fraction of sp³-hybridized carbons (Fsp3) is 0.421. The fourth-order valence-electron chi connectivity index (χ4n) is 5.38. The number of H-pyrrole nitrogens is 1. The molecule has 278 valence electrons. The zero-order valence-electron chi connectivity index (χ0n) is 31.4. The Morgan fingerprint density at radius 3 is 2.13 bits per heavy atom. The first-order valence-corrected chi connectivity index (χ1v) is 17.6. The molecule has 52 heavy (non-hydrogen) atoms. The molecule has 5 aromatic rings. The lowest BCUT2D eigenvalue weighted by Gasteiger charge is -2.21. The van der Waals surface area contributed by atoms with Crippen LogP contribution in [0, 0.1) is 0 Å². The molecular weight excluding hydrogens is 655 g/mol. The predicted octanol–water partition coefficient (Wildman–Crippen LogP) is 3.93. The fourth-order valence-corrected chi connectivity index (χ4v) is 5.38. The quantitative estimate of drug-likeness (QED) is 0.0591. The molecule has 0 saturated heterocycles. The highest BCUT2D eigenvalue weighted by atomic mass is 16.1. The van der Waals surface area contributed by atoms with Crippen molar-refractivity contribution >= 4 is 23.0 Å². The molecule has 0 spiro atoms. The van der Waals surface area contributed by atoms with Gasteiger partial charge in [-0.05, 0) is 84.7 Å². The average Bonchev–Trinajstić information content (AvgIpc) is 3.77. The number of unbranched alkanes of at least 4 members (excludes halogenated alkanes) is 1. The van der Waals surface area contributed by atoms with Crippen LogP contribution in [0.1, 0.15) is 83.2 Å². The number of rotatable bonds is 13. The van der Waals surface area contributed by atoms with Gasteiger partial charge in [-0.3, -0.25) is 14.6 Å². The van der Waals surface area contributed by atoms with Crippen LogP contribution in [0.4, 0.5) is 0 Å². The summed E-state index contributed by atoms with van der Waals surface area (Å²) in [7, 11) is 0. The van der Waals surface area contributed by atoms with Gasteiger partial charge in [0.1, 0.15) is 5.65 Å². The van der Waals surface area contributed by atoms with Crippen molar-refractivity contribution in [2.75, 3.05) is 19.6 Å². The summed E-state index contributed by atoms with van der Waals surface area (Å²) in [6.45, 7) is 15.9. The van der Waals surface area contributed by atoms with Gasteiger partial charge in [0.25, 0.3) is 0 Å². The number of aryl methyl sites for hydroxylation is 1. The third kappa shape index (κ3) is 11.8. The number of nitrogens with one attached hydrogen (secondary N) is 2. The van der Waals surface area contributed by atoms with E-state index in [0.29, 0.717) is 18.7 Å². The maximum absolute atomic E-state index is 12.5. The van der Waals surface area contributed by atoms with Crippen LogP contribution in [0.15, 0.2) is 81.9 Å². The summed E-state index contributed by atoms with van der Waals surface area (Å²) in [6, 6.07) is 16.6. The van der Waals surface area contributed by atoms with Crippen molar-refractivity contribution in [2.24, 2.45) is 32.9 Å². The van der Waals surface area contributed by atoms with Gasteiger partial charge in [0.2, 0.25) is 0 Å². The lowest BCUT2D eigenvalue weighted by Crippen LogP contribution is -2.23. The highest BCUT2D eigenvalue weighted by Gasteiger charge is 2.18. The van der Waals surface area contributed by atoms with E-state index in [1.807, 2.05) is 36.7 Å². The Morgan fingerprint density at radius 2 is 1.52 bits per heavy atom. The van der Waals surface area contributed by atoms with Crippen molar-refractivity contribution in [3.63, 3.8) is 0 Å². The lowest BCUT2D eigenvalue weighted by molar-refractivity contribution is 0.574. The SMILES string of the molecule is CC(C)(C)c1cc(CCCCN=C(N)N)cc(-n2ccnn2)c1.CC(C)(C)c1cc2cn(-c3ccc(CNCCCN=C(N)N)cc3)c(=O)nc2[nH]1. The molecule has 0 aliphatic heterocycles. The molecule has 0 fully saturated rings. The summed E-state index contributed by atoms with van der Waals surface area (Å²) >= 11 is 0. The van der Waals surface area contributed by atoms with E-state index in [-0.39, 0.29) is 28.4 Å².